The molecule has 0 N–H and O–H groups in total. The quantitative estimate of drug-likeness (QED) is 0.495. The zero-order valence-corrected chi connectivity index (χ0v) is 20.4. The Bertz CT molecular complexity index is 612. The Morgan fingerprint density at radius 2 is 1.75 bits per heavy atom. The summed E-state index contributed by atoms with van der Waals surface area (Å²) in [6.07, 6.45) is 0.691. The van der Waals surface area contributed by atoms with Crippen molar-refractivity contribution in [1.82, 2.24) is 5.06 Å². The van der Waals surface area contributed by atoms with Crippen molar-refractivity contribution in [3.8, 4) is 0 Å². The van der Waals surface area contributed by atoms with Crippen LogP contribution < -0.4 is 0 Å². The molecule has 4 nitrogen and oxygen atoms in total. The summed E-state index contributed by atoms with van der Waals surface area (Å²) in [7, 11) is -1.87. The molecular formula is C23H41NO3Si. The van der Waals surface area contributed by atoms with E-state index < -0.39 is 8.32 Å². The largest absolute Gasteiger partial charge is 0.412 e. The Balaban J connectivity index is 2.19. The lowest BCUT2D eigenvalue weighted by Gasteiger charge is -2.47. The smallest absolute Gasteiger partial charge is 0.192 e. The Morgan fingerprint density at radius 3 is 2.29 bits per heavy atom. The van der Waals surface area contributed by atoms with Crippen molar-refractivity contribution in [2.45, 2.75) is 97.5 Å². The van der Waals surface area contributed by atoms with Crippen molar-refractivity contribution in [1.29, 1.82) is 0 Å². The molecule has 1 aliphatic heterocycles. The fourth-order valence-corrected chi connectivity index (χ4v) is 5.42. The van der Waals surface area contributed by atoms with Crippen LogP contribution >= 0.6 is 0 Å². The summed E-state index contributed by atoms with van der Waals surface area (Å²) >= 11 is 0. The maximum atomic E-state index is 6.87. The second-order valence-corrected chi connectivity index (χ2v) is 14.8. The molecule has 1 heterocycles. The number of hydrogen-bond donors (Lipinski definition) is 0. The Labute approximate surface area is 173 Å². The van der Waals surface area contributed by atoms with Crippen molar-refractivity contribution in [2.75, 3.05) is 6.61 Å². The predicted octanol–water partition coefficient (Wildman–Crippen LogP) is 5.99. The molecule has 0 aromatic heterocycles. The van der Waals surface area contributed by atoms with Gasteiger partial charge in [-0.05, 0) is 44.5 Å². The zero-order valence-electron chi connectivity index (χ0n) is 19.4. The van der Waals surface area contributed by atoms with Crippen LogP contribution in [0, 0.1) is 5.92 Å². The van der Waals surface area contributed by atoms with Crippen molar-refractivity contribution in [3.63, 3.8) is 0 Å². The highest BCUT2D eigenvalue weighted by atomic mass is 28.4. The van der Waals surface area contributed by atoms with Crippen LogP contribution in [0.25, 0.3) is 0 Å². The number of benzene rings is 1. The van der Waals surface area contributed by atoms with E-state index in [1.165, 1.54) is 5.56 Å². The molecule has 1 fully saturated rings. The van der Waals surface area contributed by atoms with Gasteiger partial charge in [0.1, 0.15) is 0 Å². The Hall–Kier alpha value is -0.723. The second-order valence-electron chi connectivity index (χ2n) is 10.1. The van der Waals surface area contributed by atoms with E-state index in [1.54, 1.807) is 0 Å². The monoisotopic (exact) mass is 407 g/mol. The van der Waals surface area contributed by atoms with E-state index in [0.29, 0.717) is 12.5 Å². The van der Waals surface area contributed by atoms with Gasteiger partial charge in [0.25, 0.3) is 0 Å². The van der Waals surface area contributed by atoms with Gasteiger partial charge in [-0.1, -0.05) is 58.0 Å². The molecule has 1 aromatic rings. The molecule has 0 radical (unpaired) electrons. The van der Waals surface area contributed by atoms with Gasteiger partial charge in [-0.25, -0.2) is 0 Å². The predicted molar refractivity (Wildman–Crippen MR) is 118 cm³/mol. The van der Waals surface area contributed by atoms with Gasteiger partial charge in [0.2, 0.25) is 0 Å². The van der Waals surface area contributed by atoms with Crippen molar-refractivity contribution >= 4 is 8.32 Å². The molecule has 160 valence electrons. The lowest BCUT2D eigenvalue weighted by Crippen LogP contribution is -2.53. The molecule has 1 unspecified atom stereocenters. The van der Waals surface area contributed by atoms with E-state index in [2.05, 4.69) is 84.0 Å². The fraction of sp³-hybridized carbons (Fsp3) is 0.739. The minimum Gasteiger partial charge on any atom is -0.412 e. The molecule has 0 saturated carbocycles. The highest BCUT2D eigenvalue weighted by Gasteiger charge is 2.48. The summed E-state index contributed by atoms with van der Waals surface area (Å²) in [5, 5.41) is 2.31. The maximum absolute atomic E-state index is 6.87. The molecule has 2 rings (SSSR count). The molecule has 28 heavy (non-hydrogen) atoms. The summed E-state index contributed by atoms with van der Waals surface area (Å²) in [6, 6.07) is 10.7. The molecule has 0 aliphatic carbocycles. The van der Waals surface area contributed by atoms with Gasteiger partial charge in [0, 0.05) is 31.5 Å². The van der Waals surface area contributed by atoms with Crippen LogP contribution in [-0.4, -0.2) is 37.9 Å². The summed E-state index contributed by atoms with van der Waals surface area (Å²) in [4.78, 5) is 6.20. The standard InChI is InChI=1S/C23H41NO3Si/c1-10-25-21-16-20(24(26-21)17-19-14-12-11-13-15-19)18(2)23(6,7)27-28(8,9)22(3,4)5/h11-15,18,20-21H,10,16-17H2,1-9H3/t18-,20-,21?/m0/s1. The van der Waals surface area contributed by atoms with E-state index in [9.17, 15) is 0 Å². The molecule has 5 heteroatoms. The fourth-order valence-electron chi connectivity index (χ4n) is 3.61. The molecule has 3 atom stereocenters. The van der Waals surface area contributed by atoms with Crippen LogP contribution in [0.4, 0.5) is 0 Å². The number of ether oxygens (including phenoxy) is 1. The summed E-state index contributed by atoms with van der Waals surface area (Å²) < 4.78 is 12.7. The first-order valence-electron chi connectivity index (χ1n) is 10.7. The van der Waals surface area contributed by atoms with Gasteiger partial charge in [-0.3, -0.25) is 4.84 Å². The number of nitrogens with zero attached hydrogens (tertiary/aromatic N) is 1. The summed E-state index contributed by atoms with van der Waals surface area (Å²) in [5.74, 6) is 0.302. The zero-order chi connectivity index (χ0) is 21.2. The third-order valence-electron chi connectivity index (χ3n) is 6.59. The SMILES string of the molecule is CCOC1C[C@@H]([C@H](C)C(C)(C)O[Si](C)(C)C(C)(C)C)N(Cc2ccccc2)O1. The minimum absolute atomic E-state index is 0.176. The Kier molecular flexibility index (Phi) is 7.54. The molecule has 0 amide bonds. The summed E-state index contributed by atoms with van der Waals surface area (Å²) in [5.41, 5.74) is 1.01. The number of hydroxylamine groups is 2. The topological polar surface area (TPSA) is 30.9 Å². The van der Waals surface area contributed by atoms with E-state index in [-0.39, 0.29) is 23.0 Å². The molecule has 1 aliphatic rings. The maximum Gasteiger partial charge on any atom is 0.192 e. The van der Waals surface area contributed by atoms with Crippen LogP contribution in [0.1, 0.15) is 60.5 Å². The van der Waals surface area contributed by atoms with Gasteiger partial charge in [0.05, 0.1) is 5.60 Å². The molecular weight excluding hydrogens is 366 g/mol. The van der Waals surface area contributed by atoms with Gasteiger partial charge < -0.3 is 9.16 Å². The molecule has 0 spiro atoms. The minimum atomic E-state index is -1.87. The first-order chi connectivity index (χ1) is 12.9. The number of hydrogen-bond acceptors (Lipinski definition) is 4. The molecule has 0 bridgehead atoms. The van der Waals surface area contributed by atoms with Crippen LogP contribution in [-0.2, 0) is 20.5 Å². The average Bonchev–Trinajstić information content (AvgIpc) is 2.95. The highest BCUT2D eigenvalue weighted by molar-refractivity contribution is 6.74. The van der Waals surface area contributed by atoms with E-state index >= 15 is 0 Å². The first kappa shape index (κ1) is 23.6. The van der Waals surface area contributed by atoms with Gasteiger partial charge in [-0.15, -0.1) is 0 Å². The third kappa shape index (κ3) is 5.67. The average molecular weight is 408 g/mol. The molecule has 1 aromatic carbocycles. The van der Waals surface area contributed by atoms with Gasteiger partial charge in [0.15, 0.2) is 14.6 Å². The lowest BCUT2D eigenvalue weighted by atomic mass is 9.84. The van der Waals surface area contributed by atoms with Crippen LogP contribution in [0.2, 0.25) is 18.1 Å². The van der Waals surface area contributed by atoms with E-state index in [4.69, 9.17) is 14.0 Å². The van der Waals surface area contributed by atoms with Crippen LogP contribution in [0.5, 0.6) is 0 Å². The van der Waals surface area contributed by atoms with Crippen LogP contribution in [0.3, 0.4) is 0 Å². The van der Waals surface area contributed by atoms with E-state index in [1.807, 2.05) is 13.0 Å². The van der Waals surface area contributed by atoms with Gasteiger partial charge >= 0.3 is 0 Å². The van der Waals surface area contributed by atoms with Crippen molar-refractivity contribution in [2.24, 2.45) is 5.92 Å². The van der Waals surface area contributed by atoms with E-state index in [0.717, 1.165) is 13.0 Å². The first-order valence-corrected chi connectivity index (χ1v) is 13.6. The van der Waals surface area contributed by atoms with Crippen molar-refractivity contribution < 1.29 is 14.0 Å². The number of rotatable bonds is 8. The normalized spacial score (nSPS) is 23.2. The summed E-state index contributed by atoms with van der Waals surface area (Å²) in [6.45, 7) is 21.8. The second kappa shape index (κ2) is 8.96. The van der Waals surface area contributed by atoms with Gasteiger partial charge in [-0.2, -0.15) is 5.06 Å². The lowest BCUT2D eigenvalue weighted by molar-refractivity contribution is -0.248. The third-order valence-corrected chi connectivity index (χ3v) is 11.2. The van der Waals surface area contributed by atoms with Crippen molar-refractivity contribution in [3.05, 3.63) is 35.9 Å². The van der Waals surface area contributed by atoms with Crippen LogP contribution in [0.15, 0.2) is 30.3 Å². The molecule has 1 saturated heterocycles. The Morgan fingerprint density at radius 1 is 1.14 bits per heavy atom. The highest BCUT2D eigenvalue weighted by Crippen LogP contribution is 2.43.